The van der Waals surface area contributed by atoms with Gasteiger partial charge in [0.1, 0.15) is 4.86 Å². The Morgan fingerprint density at radius 1 is 0.842 bits per heavy atom. The molecule has 0 aliphatic carbocycles. The smallest absolute Gasteiger partial charge is 0.259 e. The molecule has 0 atom stereocenters. The van der Waals surface area contributed by atoms with Gasteiger partial charge >= 0.3 is 0 Å². The van der Waals surface area contributed by atoms with Crippen molar-refractivity contribution >= 4 is 17.1 Å². The fourth-order valence-electron chi connectivity index (χ4n) is 1.73. The monoisotopic (exact) mass is 266 g/mol. The minimum atomic E-state index is 0.375. The molecule has 0 unspecified atom stereocenters. The lowest BCUT2D eigenvalue weighted by molar-refractivity contribution is 0.560. The van der Waals surface area contributed by atoms with Gasteiger partial charge in [0.15, 0.2) is 0 Å². The molecule has 1 aromatic heterocycles. The molecule has 0 bridgehead atoms. The van der Waals surface area contributed by atoms with Crippen LogP contribution in [0.15, 0.2) is 65.1 Å². The van der Waals surface area contributed by atoms with E-state index in [1.165, 1.54) is 0 Å². The van der Waals surface area contributed by atoms with Crippen molar-refractivity contribution in [3.63, 3.8) is 0 Å². The molecule has 0 amide bonds. The van der Waals surface area contributed by atoms with Crippen LogP contribution in [0, 0.1) is 0 Å². The van der Waals surface area contributed by atoms with Gasteiger partial charge in [0, 0.05) is 5.56 Å². The van der Waals surface area contributed by atoms with Crippen LogP contribution in [0.3, 0.4) is 0 Å². The van der Waals surface area contributed by atoms with Crippen LogP contribution < -0.4 is 0 Å². The molecule has 0 fully saturated rings. The molecule has 0 N–H and O–H groups in total. The first-order valence-electron chi connectivity index (χ1n) is 5.83. The van der Waals surface area contributed by atoms with E-state index >= 15 is 0 Å². The average Bonchev–Trinajstić information content (AvgIpc) is 2.98. The van der Waals surface area contributed by atoms with E-state index in [0.29, 0.717) is 16.6 Å². The van der Waals surface area contributed by atoms with E-state index in [4.69, 9.17) is 16.6 Å². The predicted molar refractivity (Wildman–Crippen MR) is 77.0 cm³/mol. The molecule has 0 aliphatic heterocycles. The fraction of sp³-hybridized carbons (Fsp3) is 0. The van der Waals surface area contributed by atoms with Gasteiger partial charge in [-0.15, -0.1) is 10.2 Å². The largest absolute Gasteiger partial charge is 0.415 e. The summed E-state index contributed by atoms with van der Waals surface area (Å²) >= 11 is 5.35. The second-order valence-corrected chi connectivity index (χ2v) is 4.38. The molecular formula is C15H10N2OS. The van der Waals surface area contributed by atoms with E-state index in [0.717, 1.165) is 11.1 Å². The molecule has 4 heteroatoms. The summed E-state index contributed by atoms with van der Waals surface area (Å²) in [7, 11) is 0. The number of benzene rings is 2. The lowest BCUT2D eigenvalue weighted by Crippen LogP contribution is -1.99. The summed E-state index contributed by atoms with van der Waals surface area (Å²) in [6.45, 7) is 0. The van der Waals surface area contributed by atoms with Gasteiger partial charge in [-0.3, -0.25) is 0 Å². The summed E-state index contributed by atoms with van der Waals surface area (Å²) in [5.74, 6) is 0.855. The van der Waals surface area contributed by atoms with Crippen molar-refractivity contribution in [1.29, 1.82) is 0 Å². The second-order valence-electron chi connectivity index (χ2n) is 3.97. The summed E-state index contributed by atoms with van der Waals surface area (Å²) in [4.78, 5) is 0.565. The van der Waals surface area contributed by atoms with E-state index in [1.807, 2.05) is 60.7 Å². The van der Waals surface area contributed by atoms with Gasteiger partial charge in [-0.1, -0.05) is 60.7 Å². The highest BCUT2D eigenvalue weighted by Crippen LogP contribution is 2.18. The number of rotatable bonds is 3. The van der Waals surface area contributed by atoms with Gasteiger partial charge in [0.2, 0.25) is 5.89 Å². The fourth-order valence-corrected chi connectivity index (χ4v) is 1.94. The first kappa shape index (κ1) is 11.7. The number of hydrogen-bond donors (Lipinski definition) is 0. The lowest BCUT2D eigenvalue weighted by Gasteiger charge is -1.97. The van der Waals surface area contributed by atoms with Crippen LogP contribution in [0.2, 0.25) is 0 Å². The van der Waals surface area contributed by atoms with E-state index < -0.39 is 0 Å². The van der Waals surface area contributed by atoms with Crippen LogP contribution in [-0.2, 0) is 0 Å². The standard InChI is InChI=1S/C15H10N2OS/c19-13(11-7-3-1-4-8-11)15-17-16-14(18-15)12-9-5-2-6-10-12/h1-10H. The van der Waals surface area contributed by atoms with Crippen molar-refractivity contribution in [2.45, 2.75) is 0 Å². The summed E-state index contributed by atoms with van der Waals surface area (Å²) in [5, 5.41) is 8.04. The molecule has 2 aromatic carbocycles. The van der Waals surface area contributed by atoms with Crippen LogP contribution >= 0.6 is 12.2 Å². The number of thiocarbonyl (C=S) groups is 1. The Balaban J connectivity index is 1.92. The van der Waals surface area contributed by atoms with Crippen molar-refractivity contribution in [3.8, 4) is 11.5 Å². The van der Waals surface area contributed by atoms with Gasteiger partial charge in [0.25, 0.3) is 5.89 Å². The van der Waals surface area contributed by atoms with Crippen LogP contribution in [-0.4, -0.2) is 15.1 Å². The SMILES string of the molecule is S=C(c1ccccc1)c1nnc(-c2ccccc2)o1. The topological polar surface area (TPSA) is 38.9 Å². The van der Waals surface area contributed by atoms with Crippen molar-refractivity contribution in [1.82, 2.24) is 10.2 Å². The highest BCUT2D eigenvalue weighted by atomic mass is 32.1. The van der Waals surface area contributed by atoms with E-state index in [2.05, 4.69) is 10.2 Å². The minimum Gasteiger partial charge on any atom is -0.415 e. The van der Waals surface area contributed by atoms with Gasteiger partial charge in [-0.05, 0) is 17.7 Å². The van der Waals surface area contributed by atoms with Crippen molar-refractivity contribution in [2.75, 3.05) is 0 Å². The molecule has 0 radical (unpaired) electrons. The summed E-state index contributed by atoms with van der Waals surface area (Å²) in [5.41, 5.74) is 1.79. The minimum absolute atomic E-state index is 0.375. The van der Waals surface area contributed by atoms with Crippen LogP contribution in [0.4, 0.5) is 0 Å². The molecular weight excluding hydrogens is 256 g/mol. The quantitative estimate of drug-likeness (QED) is 0.537. The highest BCUT2D eigenvalue weighted by molar-refractivity contribution is 7.81. The van der Waals surface area contributed by atoms with Crippen LogP contribution in [0.25, 0.3) is 11.5 Å². The second kappa shape index (κ2) is 5.12. The lowest BCUT2D eigenvalue weighted by atomic mass is 10.1. The molecule has 92 valence electrons. The van der Waals surface area contributed by atoms with E-state index in [9.17, 15) is 0 Å². The Labute approximate surface area is 115 Å². The molecule has 3 rings (SSSR count). The summed E-state index contributed by atoms with van der Waals surface area (Å²) in [6.07, 6.45) is 0. The van der Waals surface area contributed by atoms with Gasteiger partial charge in [0.05, 0.1) is 0 Å². The van der Waals surface area contributed by atoms with Crippen LogP contribution in [0.5, 0.6) is 0 Å². The molecule has 3 aromatic rings. The summed E-state index contributed by atoms with van der Waals surface area (Å²) < 4.78 is 5.62. The third-order valence-corrected chi connectivity index (χ3v) is 3.09. The first-order chi connectivity index (χ1) is 9.34. The molecule has 0 saturated carbocycles. The molecule has 0 saturated heterocycles. The van der Waals surface area contributed by atoms with Gasteiger partial charge < -0.3 is 4.42 Å². The van der Waals surface area contributed by atoms with Crippen molar-refractivity contribution in [2.24, 2.45) is 0 Å². The number of nitrogens with zero attached hydrogens (tertiary/aromatic N) is 2. The highest BCUT2D eigenvalue weighted by Gasteiger charge is 2.13. The molecule has 19 heavy (non-hydrogen) atoms. The predicted octanol–water partition coefficient (Wildman–Crippen LogP) is 3.50. The Morgan fingerprint density at radius 3 is 2.16 bits per heavy atom. The molecule has 3 nitrogen and oxygen atoms in total. The maximum Gasteiger partial charge on any atom is 0.259 e. The zero-order valence-electron chi connectivity index (χ0n) is 9.98. The maximum atomic E-state index is 5.62. The zero-order chi connectivity index (χ0) is 13.1. The number of hydrogen-bond acceptors (Lipinski definition) is 4. The van der Waals surface area contributed by atoms with E-state index in [-0.39, 0.29) is 0 Å². The summed E-state index contributed by atoms with van der Waals surface area (Å²) in [6, 6.07) is 19.3. The van der Waals surface area contributed by atoms with Crippen molar-refractivity contribution < 1.29 is 4.42 Å². The Hall–Kier alpha value is -2.33. The Kier molecular flexibility index (Phi) is 3.16. The van der Waals surface area contributed by atoms with Crippen LogP contribution in [0.1, 0.15) is 11.5 Å². The average molecular weight is 266 g/mol. The Morgan fingerprint density at radius 2 is 1.47 bits per heavy atom. The molecule has 0 aliphatic rings. The third-order valence-electron chi connectivity index (χ3n) is 2.68. The molecule has 1 heterocycles. The normalized spacial score (nSPS) is 10.3. The first-order valence-corrected chi connectivity index (χ1v) is 6.24. The number of aromatic nitrogens is 2. The third kappa shape index (κ3) is 2.44. The van der Waals surface area contributed by atoms with Gasteiger partial charge in [-0.25, -0.2) is 0 Å². The zero-order valence-corrected chi connectivity index (χ0v) is 10.8. The van der Waals surface area contributed by atoms with E-state index in [1.54, 1.807) is 0 Å². The Bertz CT molecular complexity index is 692. The van der Waals surface area contributed by atoms with Gasteiger partial charge in [-0.2, -0.15) is 0 Å². The van der Waals surface area contributed by atoms with Crippen molar-refractivity contribution in [3.05, 3.63) is 72.1 Å². The maximum absolute atomic E-state index is 5.62. The molecule has 0 spiro atoms.